The lowest BCUT2D eigenvalue weighted by molar-refractivity contribution is 0.174. The molecule has 1 atom stereocenters. The van der Waals surface area contributed by atoms with Gasteiger partial charge in [-0.25, -0.2) is 0 Å². The number of rotatable bonds is 6. The summed E-state index contributed by atoms with van der Waals surface area (Å²) in [4.78, 5) is 0. The van der Waals surface area contributed by atoms with Gasteiger partial charge in [0.15, 0.2) is 0 Å². The third-order valence-electron chi connectivity index (χ3n) is 3.37. The van der Waals surface area contributed by atoms with Crippen LogP contribution >= 0.6 is 0 Å². The molecule has 1 unspecified atom stereocenters. The number of methoxy groups -OCH3 is 1. The number of phenolic OH excluding ortho intramolecular Hbond substituents is 1. The Morgan fingerprint density at radius 1 is 1.19 bits per heavy atom. The number of hydrogen-bond donors (Lipinski definition) is 3. The largest absolute Gasteiger partial charge is 0.508 e. The van der Waals surface area contributed by atoms with Gasteiger partial charge in [-0.15, -0.1) is 0 Å². The summed E-state index contributed by atoms with van der Waals surface area (Å²) in [6.07, 6.45) is -0.572. The van der Waals surface area contributed by atoms with Gasteiger partial charge in [-0.1, -0.05) is 29.8 Å². The van der Waals surface area contributed by atoms with Crippen LogP contribution in [0.15, 0.2) is 42.5 Å². The third kappa shape index (κ3) is 4.21. The van der Waals surface area contributed by atoms with Gasteiger partial charge in [0.25, 0.3) is 0 Å². The standard InChI is InChI=1S/C17H21NO3/c1-12-4-3-5-13(8-12)17(20)11-18-10-14-9-15(21-2)6-7-16(14)19/h3-9,17-20H,10-11H2,1-2H3. The molecule has 0 amide bonds. The molecule has 0 saturated carbocycles. The zero-order valence-electron chi connectivity index (χ0n) is 12.3. The fourth-order valence-corrected chi connectivity index (χ4v) is 2.17. The highest BCUT2D eigenvalue weighted by molar-refractivity contribution is 5.39. The van der Waals surface area contributed by atoms with Crippen LogP contribution in [-0.2, 0) is 6.54 Å². The second kappa shape index (κ2) is 7.11. The second-order valence-electron chi connectivity index (χ2n) is 5.06. The van der Waals surface area contributed by atoms with Crippen LogP contribution in [0, 0.1) is 6.92 Å². The van der Waals surface area contributed by atoms with Crippen LogP contribution in [0.2, 0.25) is 0 Å². The molecule has 0 aliphatic carbocycles. The highest BCUT2D eigenvalue weighted by atomic mass is 16.5. The lowest BCUT2D eigenvalue weighted by Crippen LogP contribution is -2.21. The minimum Gasteiger partial charge on any atom is -0.508 e. The van der Waals surface area contributed by atoms with Crippen molar-refractivity contribution in [3.8, 4) is 11.5 Å². The van der Waals surface area contributed by atoms with Gasteiger partial charge in [-0.2, -0.15) is 0 Å². The van der Waals surface area contributed by atoms with Crippen molar-refractivity contribution in [3.05, 3.63) is 59.2 Å². The van der Waals surface area contributed by atoms with E-state index in [2.05, 4.69) is 5.32 Å². The summed E-state index contributed by atoms with van der Waals surface area (Å²) in [6, 6.07) is 12.9. The number of ether oxygens (including phenoxy) is 1. The van der Waals surface area contributed by atoms with Crippen LogP contribution in [0.1, 0.15) is 22.8 Å². The first-order chi connectivity index (χ1) is 10.1. The lowest BCUT2D eigenvalue weighted by atomic mass is 10.1. The first-order valence-electron chi connectivity index (χ1n) is 6.91. The maximum absolute atomic E-state index is 10.1. The molecule has 0 bridgehead atoms. The molecule has 2 rings (SSSR count). The molecule has 0 aliphatic rings. The number of aliphatic hydroxyl groups excluding tert-OH is 1. The molecule has 0 spiro atoms. The van der Waals surface area contributed by atoms with Gasteiger partial charge in [0, 0.05) is 18.7 Å². The van der Waals surface area contributed by atoms with E-state index < -0.39 is 6.10 Å². The molecule has 0 aliphatic heterocycles. The van der Waals surface area contributed by atoms with Crippen LogP contribution in [0.4, 0.5) is 0 Å². The van der Waals surface area contributed by atoms with Crippen LogP contribution in [0.5, 0.6) is 11.5 Å². The number of aromatic hydroxyl groups is 1. The van der Waals surface area contributed by atoms with Crippen molar-refractivity contribution >= 4 is 0 Å². The first-order valence-corrected chi connectivity index (χ1v) is 6.91. The highest BCUT2D eigenvalue weighted by Crippen LogP contribution is 2.22. The summed E-state index contributed by atoms with van der Waals surface area (Å²) in [6.45, 7) is 2.88. The number of hydrogen-bond acceptors (Lipinski definition) is 4. The van der Waals surface area contributed by atoms with Gasteiger partial charge in [-0.3, -0.25) is 0 Å². The van der Waals surface area contributed by atoms with E-state index in [-0.39, 0.29) is 5.75 Å². The van der Waals surface area contributed by atoms with E-state index in [1.54, 1.807) is 25.3 Å². The van der Waals surface area contributed by atoms with E-state index in [1.165, 1.54) is 0 Å². The molecule has 0 fully saturated rings. The minimum atomic E-state index is -0.572. The monoisotopic (exact) mass is 287 g/mol. The van der Waals surface area contributed by atoms with Crippen molar-refractivity contribution in [1.82, 2.24) is 5.32 Å². The van der Waals surface area contributed by atoms with E-state index >= 15 is 0 Å². The van der Waals surface area contributed by atoms with Gasteiger partial charge in [0.1, 0.15) is 11.5 Å². The van der Waals surface area contributed by atoms with E-state index in [0.717, 1.165) is 16.7 Å². The molecule has 3 N–H and O–H groups in total. The molecule has 21 heavy (non-hydrogen) atoms. The second-order valence-corrected chi connectivity index (χ2v) is 5.06. The predicted molar refractivity (Wildman–Crippen MR) is 82.5 cm³/mol. The summed E-state index contributed by atoms with van der Waals surface area (Å²) in [5.74, 6) is 0.914. The highest BCUT2D eigenvalue weighted by Gasteiger charge is 2.08. The zero-order valence-corrected chi connectivity index (χ0v) is 12.3. The van der Waals surface area contributed by atoms with Crippen LogP contribution in [0.25, 0.3) is 0 Å². The summed E-state index contributed by atoms with van der Waals surface area (Å²) in [5, 5.41) is 23.1. The van der Waals surface area contributed by atoms with Crippen LogP contribution < -0.4 is 10.1 Å². The van der Waals surface area contributed by atoms with E-state index in [4.69, 9.17) is 4.74 Å². The Labute approximate surface area is 125 Å². The fraction of sp³-hybridized carbons (Fsp3) is 0.294. The topological polar surface area (TPSA) is 61.7 Å². The molecule has 0 heterocycles. The summed E-state index contributed by atoms with van der Waals surface area (Å²) < 4.78 is 5.13. The molecule has 2 aromatic carbocycles. The van der Waals surface area contributed by atoms with Crippen molar-refractivity contribution < 1.29 is 14.9 Å². The molecule has 4 heteroatoms. The maximum atomic E-state index is 10.1. The van der Waals surface area contributed by atoms with Crippen molar-refractivity contribution in [3.63, 3.8) is 0 Å². The number of aliphatic hydroxyl groups is 1. The van der Waals surface area contributed by atoms with Gasteiger partial charge in [-0.05, 0) is 30.7 Å². The Hall–Kier alpha value is -2.04. The summed E-state index contributed by atoms with van der Waals surface area (Å²) >= 11 is 0. The van der Waals surface area contributed by atoms with Crippen molar-refractivity contribution in [2.45, 2.75) is 19.6 Å². The quantitative estimate of drug-likeness (QED) is 0.764. The number of phenols is 1. The van der Waals surface area contributed by atoms with Crippen molar-refractivity contribution in [2.24, 2.45) is 0 Å². The Morgan fingerprint density at radius 3 is 2.71 bits per heavy atom. The summed E-state index contributed by atoms with van der Waals surface area (Å²) in [5.41, 5.74) is 2.75. The van der Waals surface area contributed by atoms with E-state index in [1.807, 2.05) is 31.2 Å². The number of aryl methyl sites for hydroxylation is 1. The Bertz CT molecular complexity index is 598. The lowest BCUT2D eigenvalue weighted by Gasteiger charge is -2.14. The Balaban J connectivity index is 1.92. The molecular weight excluding hydrogens is 266 g/mol. The molecule has 0 saturated heterocycles. The Kier molecular flexibility index (Phi) is 5.20. The van der Waals surface area contributed by atoms with Gasteiger partial charge >= 0.3 is 0 Å². The third-order valence-corrected chi connectivity index (χ3v) is 3.37. The SMILES string of the molecule is COc1ccc(O)c(CNCC(O)c2cccc(C)c2)c1. The van der Waals surface area contributed by atoms with Crippen LogP contribution in [0.3, 0.4) is 0 Å². The molecule has 112 valence electrons. The maximum Gasteiger partial charge on any atom is 0.120 e. The van der Waals surface area contributed by atoms with Gasteiger partial charge < -0.3 is 20.3 Å². The predicted octanol–water partition coefficient (Wildman–Crippen LogP) is 2.53. The van der Waals surface area contributed by atoms with Crippen molar-refractivity contribution in [2.75, 3.05) is 13.7 Å². The van der Waals surface area contributed by atoms with Crippen LogP contribution in [-0.4, -0.2) is 23.9 Å². The molecule has 2 aromatic rings. The minimum absolute atomic E-state index is 0.216. The van der Waals surface area contributed by atoms with Gasteiger partial charge in [0.2, 0.25) is 0 Å². The Morgan fingerprint density at radius 2 is 2.00 bits per heavy atom. The van der Waals surface area contributed by atoms with E-state index in [9.17, 15) is 10.2 Å². The van der Waals surface area contributed by atoms with Crippen molar-refractivity contribution in [1.29, 1.82) is 0 Å². The molecule has 4 nitrogen and oxygen atoms in total. The zero-order chi connectivity index (χ0) is 15.2. The molecular formula is C17H21NO3. The van der Waals surface area contributed by atoms with Gasteiger partial charge in [0.05, 0.1) is 13.2 Å². The first kappa shape index (κ1) is 15.4. The fourth-order valence-electron chi connectivity index (χ4n) is 2.17. The number of benzene rings is 2. The number of nitrogens with one attached hydrogen (secondary N) is 1. The average molecular weight is 287 g/mol. The average Bonchev–Trinajstić information content (AvgIpc) is 2.49. The molecule has 0 aromatic heterocycles. The normalized spacial score (nSPS) is 12.1. The van der Waals surface area contributed by atoms with E-state index in [0.29, 0.717) is 18.8 Å². The smallest absolute Gasteiger partial charge is 0.120 e. The summed E-state index contributed by atoms with van der Waals surface area (Å²) in [7, 11) is 1.59. The molecule has 0 radical (unpaired) electrons.